The van der Waals surface area contributed by atoms with Gasteiger partial charge in [-0.05, 0) is 39.3 Å². The Morgan fingerprint density at radius 1 is 1.31 bits per heavy atom. The maximum Gasteiger partial charge on any atom is 0.272 e. The highest BCUT2D eigenvalue weighted by Gasteiger charge is 2.31. The fraction of sp³-hybridized carbons (Fsp3) is 0.429. The molecule has 0 spiro atoms. The summed E-state index contributed by atoms with van der Waals surface area (Å²) >= 11 is 0. The van der Waals surface area contributed by atoms with Gasteiger partial charge in [0.25, 0.3) is 5.91 Å². The highest BCUT2D eigenvalue weighted by molar-refractivity contribution is 5.94. The molecule has 1 amide bonds. The molecule has 4 rings (SSSR count). The van der Waals surface area contributed by atoms with E-state index >= 15 is 0 Å². The number of aryl methyl sites for hydroxylation is 2. The first kappa shape index (κ1) is 19.3. The van der Waals surface area contributed by atoms with E-state index in [4.69, 9.17) is 4.74 Å². The Morgan fingerprint density at radius 2 is 2.14 bits per heavy atom. The van der Waals surface area contributed by atoms with Gasteiger partial charge in [-0.25, -0.2) is 9.97 Å². The largest absolute Gasteiger partial charge is 0.369 e. The fourth-order valence-corrected chi connectivity index (χ4v) is 3.89. The normalized spacial score (nSPS) is 18.5. The minimum atomic E-state index is -0.163. The molecule has 152 valence electrons. The van der Waals surface area contributed by atoms with Gasteiger partial charge in [-0.15, -0.1) is 0 Å². The molecule has 0 bridgehead atoms. The number of ether oxygens (including phenoxy) is 1. The zero-order chi connectivity index (χ0) is 20.5. The number of carbonyl (C=O) groups is 1. The number of fused-ring (bicyclic) bond motifs is 1. The zero-order valence-corrected chi connectivity index (χ0v) is 17.2. The number of nitrogens with zero attached hydrogens (tertiary/aromatic N) is 5. The topological polar surface area (TPSA) is 86.9 Å². The molecule has 2 atom stereocenters. The number of rotatable bonds is 5. The van der Waals surface area contributed by atoms with Crippen molar-refractivity contribution in [2.45, 2.75) is 59.4 Å². The van der Waals surface area contributed by atoms with Crippen LogP contribution in [-0.4, -0.2) is 36.3 Å². The lowest BCUT2D eigenvalue weighted by Gasteiger charge is -2.26. The minimum absolute atomic E-state index is 0.0638. The van der Waals surface area contributed by atoms with Gasteiger partial charge in [0.2, 0.25) is 0 Å². The Labute approximate surface area is 169 Å². The number of aromatic nitrogens is 5. The summed E-state index contributed by atoms with van der Waals surface area (Å²) in [7, 11) is 0. The van der Waals surface area contributed by atoms with Crippen LogP contribution >= 0.6 is 0 Å². The SMILES string of the molecule is CCn1nc(C(=O)NCc2ccc(-n3ccnc3C)nc2)c2c1[C@H](C)O[C@H](C)C2. The number of imidazole rings is 1. The van der Waals surface area contributed by atoms with Gasteiger partial charge in [0, 0.05) is 43.7 Å². The summed E-state index contributed by atoms with van der Waals surface area (Å²) in [6.07, 6.45) is 6.09. The van der Waals surface area contributed by atoms with Crippen molar-refractivity contribution in [3.63, 3.8) is 0 Å². The molecule has 0 aromatic carbocycles. The predicted octanol–water partition coefficient (Wildman–Crippen LogP) is 2.74. The van der Waals surface area contributed by atoms with Gasteiger partial charge in [0.05, 0.1) is 17.9 Å². The number of hydrogen-bond acceptors (Lipinski definition) is 5. The van der Waals surface area contributed by atoms with Crippen molar-refractivity contribution in [1.82, 2.24) is 29.6 Å². The first-order valence-electron chi connectivity index (χ1n) is 9.96. The Kier molecular flexibility index (Phi) is 5.19. The van der Waals surface area contributed by atoms with Gasteiger partial charge in [0.1, 0.15) is 11.6 Å². The molecular formula is C21H26N6O2. The lowest BCUT2D eigenvalue weighted by atomic mass is 9.99. The number of amides is 1. The van der Waals surface area contributed by atoms with E-state index in [-0.39, 0.29) is 18.1 Å². The number of pyridine rings is 1. The molecule has 1 aliphatic heterocycles. The monoisotopic (exact) mass is 394 g/mol. The van der Waals surface area contributed by atoms with Crippen LogP contribution in [0.3, 0.4) is 0 Å². The molecule has 0 radical (unpaired) electrons. The van der Waals surface area contributed by atoms with Gasteiger partial charge in [0.15, 0.2) is 5.69 Å². The predicted molar refractivity (Wildman–Crippen MR) is 108 cm³/mol. The van der Waals surface area contributed by atoms with Crippen molar-refractivity contribution in [3.8, 4) is 5.82 Å². The quantitative estimate of drug-likeness (QED) is 0.719. The molecule has 0 saturated carbocycles. The third-order valence-electron chi connectivity index (χ3n) is 5.26. The third-order valence-corrected chi connectivity index (χ3v) is 5.26. The molecule has 0 fully saturated rings. The van der Waals surface area contributed by atoms with Crippen molar-refractivity contribution in [2.75, 3.05) is 0 Å². The smallest absolute Gasteiger partial charge is 0.272 e. The van der Waals surface area contributed by atoms with Crippen molar-refractivity contribution in [3.05, 3.63) is 59.1 Å². The maximum absolute atomic E-state index is 12.9. The summed E-state index contributed by atoms with van der Waals surface area (Å²) in [6.45, 7) is 9.09. The molecule has 29 heavy (non-hydrogen) atoms. The summed E-state index contributed by atoms with van der Waals surface area (Å²) in [5, 5.41) is 7.55. The molecule has 3 aromatic rings. The average Bonchev–Trinajstić information content (AvgIpc) is 3.30. The molecule has 8 heteroatoms. The number of carbonyl (C=O) groups excluding carboxylic acids is 1. The van der Waals surface area contributed by atoms with E-state index < -0.39 is 0 Å². The highest BCUT2D eigenvalue weighted by atomic mass is 16.5. The van der Waals surface area contributed by atoms with Crippen molar-refractivity contribution in [1.29, 1.82) is 0 Å². The van der Waals surface area contributed by atoms with Gasteiger partial charge in [-0.1, -0.05) is 6.07 Å². The van der Waals surface area contributed by atoms with Crippen molar-refractivity contribution < 1.29 is 9.53 Å². The van der Waals surface area contributed by atoms with Crippen LogP contribution in [-0.2, 0) is 24.2 Å². The second kappa shape index (κ2) is 7.79. The van der Waals surface area contributed by atoms with Crippen molar-refractivity contribution in [2.24, 2.45) is 0 Å². The van der Waals surface area contributed by atoms with E-state index in [1.54, 1.807) is 12.4 Å². The summed E-state index contributed by atoms with van der Waals surface area (Å²) in [5.74, 6) is 1.51. The summed E-state index contributed by atoms with van der Waals surface area (Å²) in [4.78, 5) is 21.6. The average molecular weight is 394 g/mol. The first-order chi connectivity index (χ1) is 14.0. The van der Waals surface area contributed by atoms with Gasteiger partial charge in [-0.2, -0.15) is 5.10 Å². The summed E-state index contributed by atoms with van der Waals surface area (Å²) in [5.41, 5.74) is 3.44. The van der Waals surface area contributed by atoms with Gasteiger partial charge in [-0.3, -0.25) is 14.0 Å². The highest BCUT2D eigenvalue weighted by Crippen LogP contribution is 2.32. The van der Waals surface area contributed by atoms with Crippen LogP contribution < -0.4 is 5.32 Å². The molecule has 1 N–H and O–H groups in total. The van der Waals surface area contributed by atoms with E-state index in [1.807, 2.05) is 55.3 Å². The molecule has 4 heterocycles. The maximum atomic E-state index is 12.9. The van der Waals surface area contributed by atoms with Crippen LogP contribution in [0.15, 0.2) is 30.7 Å². The van der Waals surface area contributed by atoms with Crippen LogP contribution in [0.5, 0.6) is 0 Å². The van der Waals surface area contributed by atoms with Crippen LogP contribution in [0.2, 0.25) is 0 Å². The Morgan fingerprint density at radius 3 is 2.79 bits per heavy atom. The number of hydrogen-bond donors (Lipinski definition) is 1. The Hall–Kier alpha value is -3.00. The number of nitrogens with one attached hydrogen (secondary N) is 1. The molecule has 0 unspecified atom stereocenters. The Balaban J connectivity index is 1.49. The molecule has 0 saturated heterocycles. The van der Waals surface area contributed by atoms with E-state index in [1.165, 1.54) is 0 Å². The van der Waals surface area contributed by atoms with Crippen LogP contribution in [0.1, 0.15) is 60.0 Å². The second-order valence-corrected chi connectivity index (χ2v) is 7.37. The lowest BCUT2D eigenvalue weighted by molar-refractivity contribution is -0.00948. The zero-order valence-electron chi connectivity index (χ0n) is 17.2. The second-order valence-electron chi connectivity index (χ2n) is 7.37. The molecule has 0 aliphatic carbocycles. The first-order valence-corrected chi connectivity index (χ1v) is 9.96. The van der Waals surface area contributed by atoms with Crippen LogP contribution in [0, 0.1) is 6.92 Å². The molecule has 3 aromatic heterocycles. The minimum Gasteiger partial charge on any atom is -0.369 e. The van der Waals surface area contributed by atoms with Gasteiger partial charge < -0.3 is 10.1 Å². The van der Waals surface area contributed by atoms with Crippen LogP contribution in [0.4, 0.5) is 0 Å². The fourth-order valence-electron chi connectivity index (χ4n) is 3.89. The van der Waals surface area contributed by atoms with E-state index in [0.29, 0.717) is 25.2 Å². The van der Waals surface area contributed by atoms with E-state index in [9.17, 15) is 4.79 Å². The standard InChI is InChI=1S/C21H26N6O2/c1-5-27-20-14(3)29-13(2)10-17(20)19(25-27)21(28)24-12-16-6-7-18(23-11-16)26-9-8-22-15(26)4/h6-9,11,13-14H,5,10,12H2,1-4H3,(H,24,28)/t13-,14+/m1/s1. The Bertz CT molecular complexity index is 1020. The molecule has 1 aliphatic rings. The van der Waals surface area contributed by atoms with E-state index in [0.717, 1.165) is 28.5 Å². The van der Waals surface area contributed by atoms with Gasteiger partial charge >= 0.3 is 0 Å². The van der Waals surface area contributed by atoms with E-state index in [2.05, 4.69) is 20.4 Å². The van der Waals surface area contributed by atoms with Crippen LogP contribution in [0.25, 0.3) is 5.82 Å². The summed E-state index contributed by atoms with van der Waals surface area (Å²) in [6, 6.07) is 3.88. The molecule has 8 nitrogen and oxygen atoms in total. The third kappa shape index (κ3) is 3.67. The molecular weight excluding hydrogens is 368 g/mol. The van der Waals surface area contributed by atoms with Crippen molar-refractivity contribution >= 4 is 5.91 Å². The lowest BCUT2D eigenvalue weighted by Crippen LogP contribution is -2.27. The summed E-state index contributed by atoms with van der Waals surface area (Å²) < 4.78 is 9.71.